The summed E-state index contributed by atoms with van der Waals surface area (Å²) in [5.74, 6) is 0.780. The van der Waals surface area contributed by atoms with Crippen LogP contribution in [0.2, 0.25) is 0 Å². The van der Waals surface area contributed by atoms with Crippen LogP contribution in [0.3, 0.4) is 0 Å². The fraction of sp³-hybridized carbons (Fsp3) is 0.273. The van der Waals surface area contributed by atoms with Crippen LogP contribution < -0.4 is 21.7 Å². The molecular formula is C11H14N6O. The Balaban J connectivity index is 1.79. The number of carbonyl (C=O) groups is 1. The zero-order valence-electron chi connectivity index (χ0n) is 9.87. The predicted octanol–water partition coefficient (Wildman–Crippen LogP) is -0.209. The number of fused-ring (bicyclic) bond motifs is 1. The number of nitrogens with zero attached hydrogens (tertiary/aromatic N) is 1. The van der Waals surface area contributed by atoms with Crippen molar-refractivity contribution in [3.8, 4) is 0 Å². The molecule has 1 atom stereocenters. The number of H-pyrrole nitrogens is 1. The number of aromatic amines is 1. The Kier molecular flexibility index (Phi) is 2.71. The molecule has 1 aliphatic rings. The largest absolute Gasteiger partial charge is 0.342 e. The molecule has 3 rings (SSSR count). The molecule has 1 saturated heterocycles. The Morgan fingerprint density at radius 2 is 2.39 bits per heavy atom. The third-order valence-corrected chi connectivity index (χ3v) is 2.83. The second-order valence-corrected chi connectivity index (χ2v) is 4.25. The van der Waals surface area contributed by atoms with Gasteiger partial charge >= 0.3 is 0 Å². The van der Waals surface area contributed by atoms with Crippen molar-refractivity contribution in [2.75, 3.05) is 11.9 Å². The maximum Gasteiger partial charge on any atom is 0.244 e. The van der Waals surface area contributed by atoms with E-state index in [9.17, 15) is 4.79 Å². The topological polar surface area (TPSA) is 93.9 Å². The lowest BCUT2D eigenvalue weighted by Gasteiger charge is -2.09. The van der Waals surface area contributed by atoms with Crippen LogP contribution in [0.5, 0.6) is 0 Å². The third kappa shape index (κ3) is 2.06. The van der Waals surface area contributed by atoms with E-state index in [-0.39, 0.29) is 11.9 Å². The lowest BCUT2D eigenvalue weighted by atomic mass is 10.2. The number of amides is 1. The second kappa shape index (κ2) is 4.37. The average Bonchev–Trinajstić information content (AvgIpc) is 2.95. The Labute approximate surface area is 103 Å². The maximum atomic E-state index is 11.9. The van der Waals surface area contributed by atoms with E-state index in [0.29, 0.717) is 6.54 Å². The molecule has 1 aromatic heterocycles. The molecule has 7 nitrogen and oxygen atoms in total. The quantitative estimate of drug-likeness (QED) is 0.505. The van der Waals surface area contributed by atoms with Gasteiger partial charge in [-0.25, -0.2) is 15.8 Å². The van der Waals surface area contributed by atoms with E-state index in [1.807, 2.05) is 25.1 Å². The molecule has 18 heavy (non-hydrogen) atoms. The van der Waals surface area contributed by atoms with Crippen molar-refractivity contribution in [2.24, 2.45) is 0 Å². The first-order valence-electron chi connectivity index (χ1n) is 5.73. The molecule has 2 heterocycles. The van der Waals surface area contributed by atoms with Gasteiger partial charge in [0.05, 0.1) is 11.0 Å². The van der Waals surface area contributed by atoms with Crippen LogP contribution in [-0.2, 0) is 4.79 Å². The van der Waals surface area contributed by atoms with Crippen LogP contribution >= 0.6 is 0 Å². The van der Waals surface area contributed by atoms with Gasteiger partial charge in [0.15, 0.2) is 0 Å². The minimum atomic E-state index is -0.274. The van der Waals surface area contributed by atoms with E-state index in [2.05, 4.69) is 31.7 Å². The Morgan fingerprint density at radius 1 is 1.50 bits per heavy atom. The van der Waals surface area contributed by atoms with Crippen molar-refractivity contribution < 1.29 is 4.79 Å². The summed E-state index contributed by atoms with van der Waals surface area (Å²) >= 11 is 0. The minimum absolute atomic E-state index is 0.0805. The molecule has 5 N–H and O–H groups in total. The highest BCUT2D eigenvalue weighted by atomic mass is 16.2. The van der Waals surface area contributed by atoms with Gasteiger partial charge in [0.2, 0.25) is 5.91 Å². The van der Waals surface area contributed by atoms with Gasteiger partial charge in [-0.3, -0.25) is 4.79 Å². The summed E-state index contributed by atoms with van der Waals surface area (Å²) in [6, 6.07) is 5.33. The van der Waals surface area contributed by atoms with Crippen molar-refractivity contribution in [2.45, 2.75) is 13.0 Å². The van der Waals surface area contributed by atoms with Crippen molar-refractivity contribution in [1.82, 2.24) is 26.4 Å². The molecule has 94 valence electrons. The molecule has 0 saturated carbocycles. The monoisotopic (exact) mass is 246 g/mol. The molecule has 2 aromatic rings. The number of aryl methyl sites for hydroxylation is 1. The average molecular weight is 246 g/mol. The zero-order valence-corrected chi connectivity index (χ0v) is 9.87. The van der Waals surface area contributed by atoms with Gasteiger partial charge in [0.25, 0.3) is 0 Å². The van der Waals surface area contributed by atoms with E-state index < -0.39 is 0 Å². The SMILES string of the molecule is Cc1nc2ccc(NC(=O)C3CNNN3)cc2[nH]1. The van der Waals surface area contributed by atoms with E-state index in [0.717, 1.165) is 22.5 Å². The van der Waals surface area contributed by atoms with Gasteiger partial charge in [-0.1, -0.05) is 0 Å². The molecular weight excluding hydrogens is 232 g/mol. The van der Waals surface area contributed by atoms with Gasteiger partial charge in [0, 0.05) is 12.2 Å². The first-order chi connectivity index (χ1) is 8.72. The van der Waals surface area contributed by atoms with Crippen LogP contribution in [0.15, 0.2) is 18.2 Å². The zero-order chi connectivity index (χ0) is 12.5. The summed E-state index contributed by atoms with van der Waals surface area (Å²) in [7, 11) is 0. The minimum Gasteiger partial charge on any atom is -0.342 e. The Hall–Kier alpha value is -1.96. The summed E-state index contributed by atoms with van der Waals surface area (Å²) in [5.41, 5.74) is 10.9. The van der Waals surface area contributed by atoms with Crippen LogP contribution in [-0.4, -0.2) is 28.5 Å². The summed E-state index contributed by atoms with van der Waals surface area (Å²) in [4.78, 5) is 19.3. The van der Waals surface area contributed by atoms with Crippen LogP contribution in [0.1, 0.15) is 5.82 Å². The molecule has 1 unspecified atom stereocenters. The van der Waals surface area contributed by atoms with E-state index >= 15 is 0 Å². The molecule has 7 heteroatoms. The molecule has 1 amide bonds. The smallest absolute Gasteiger partial charge is 0.244 e. The molecule has 1 fully saturated rings. The molecule has 0 spiro atoms. The number of rotatable bonds is 2. The number of hydrogen-bond donors (Lipinski definition) is 5. The number of nitrogens with one attached hydrogen (secondary N) is 5. The van der Waals surface area contributed by atoms with Gasteiger partial charge < -0.3 is 10.3 Å². The molecule has 0 aliphatic carbocycles. The van der Waals surface area contributed by atoms with Crippen molar-refractivity contribution in [1.29, 1.82) is 0 Å². The first kappa shape index (κ1) is 11.1. The van der Waals surface area contributed by atoms with E-state index in [1.54, 1.807) is 0 Å². The highest BCUT2D eigenvalue weighted by Crippen LogP contribution is 2.17. The number of benzene rings is 1. The molecule has 0 bridgehead atoms. The second-order valence-electron chi connectivity index (χ2n) is 4.25. The number of aromatic nitrogens is 2. The summed E-state index contributed by atoms with van der Waals surface area (Å²) in [5, 5.41) is 2.86. The van der Waals surface area contributed by atoms with Gasteiger partial charge in [-0.15, -0.1) is 0 Å². The lowest BCUT2D eigenvalue weighted by molar-refractivity contribution is -0.117. The molecule has 0 radical (unpaired) electrons. The number of anilines is 1. The van der Waals surface area contributed by atoms with Crippen LogP contribution in [0.4, 0.5) is 5.69 Å². The third-order valence-electron chi connectivity index (χ3n) is 2.83. The fourth-order valence-electron chi connectivity index (χ4n) is 1.94. The van der Waals surface area contributed by atoms with Gasteiger partial charge in [0.1, 0.15) is 11.9 Å². The van der Waals surface area contributed by atoms with E-state index in [4.69, 9.17) is 0 Å². The normalized spacial score (nSPS) is 19.3. The lowest BCUT2D eigenvalue weighted by Crippen LogP contribution is -2.40. The number of hydrogen-bond acceptors (Lipinski definition) is 5. The maximum absolute atomic E-state index is 11.9. The summed E-state index contributed by atoms with van der Waals surface area (Å²) in [6.45, 7) is 2.45. The fourth-order valence-corrected chi connectivity index (χ4v) is 1.94. The van der Waals surface area contributed by atoms with Crippen molar-refractivity contribution >= 4 is 22.6 Å². The van der Waals surface area contributed by atoms with Gasteiger partial charge in [-0.2, -0.15) is 5.53 Å². The van der Waals surface area contributed by atoms with E-state index in [1.165, 1.54) is 0 Å². The molecule has 1 aromatic carbocycles. The highest BCUT2D eigenvalue weighted by molar-refractivity contribution is 5.96. The summed E-state index contributed by atoms with van der Waals surface area (Å²) in [6.07, 6.45) is 0. The van der Waals surface area contributed by atoms with Crippen LogP contribution in [0.25, 0.3) is 11.0 Å². The van der Waals surface area contributed by atoms with Gasteiger partial charge in [-0.05, 0) is 25.1 Å². The predicted molar refractivity (Wildman–Crippen MR) is 67.5 cm³/mol. The number of carbonyl (C=O) groups excluding carboxylic acids is 1. The number of hydrazine groups is 2. The van der Waals surface area contributed by atoms with Crippen molar-refractivity contribution in [3.63, 3.8) is 0 Å². The van der Waals surface area contributed by atoms with Crippen LogP contribution in [0, 0.1) is 6.92 Å². The highest BCUT2D eigenvalue weighted by Gasteiger charge is 2.21. The Morgan fingerprint density at radius 3 is 3.17 bits per heavy atom. The molecule has 1 aliphatic heterocycles. The summed E-state index contributed by atoms with van der Waals surface area (Å²) < 4.78 is 0. The number of imidazole rings is 1. The standard InChI is InChI=1S/C11H14N6O/c1-6-13-8-3-2-7(4-9(8)14-6)15-11(18)10-5-12-17-16-10/h2-4,10,12,16-17H,5H2,1H3,(H,13,14)(H,15,18). The van der Waals surface area contributed by atoms with Crippen molar-refractivity contribution in [3.05, 3.63) is 24.0 Å². The first-order valence-corrected chi connectivity index (χ1v) is 5.73. The Bertz CT molecular complexity index is 586.